The third-order valence-electron chi connectivity index (χ3n) is 5.02. The van der Waals surface area contributed by atoms with Crippen LogP contribution in [0, 0.1) is 11.3 Å². The first kappa shape index (κ1) is 15.3. The Labute approximate surface area is 121 Å². The fourth-order valence-electron chi connectivity index (χ4n) is 3.42. The first-order valence-corrected chi connectivity index (χ1v) is 8.08. The summed E-state index contributed by atoms with van der Waals surface area (Å²) in [6, 6.07) is 0.162. The summed E-state index contributed by atoms with van der Waals surface area (Å²) in [6.07, 6.45) is 8.40. The first-order chi connectivity index (χ1) is 9.60. The van der Waals surface area contributed by atoms with Crippen molar-refractivity contribution < 1.29 is 14.3 Å². The van der Waals surface area contributed by atoms with Crippen LogP contribution < -0.4 is 5.32 Å². The minimum absolute atomic E-state index is 0.111. The molecule has 0 saturated heterocycles. The summed E-state index contributed by atoms with van der Waals surface area (Å²) in [4.78, 5) is 24.6. The van der Waals surface area contributed by atoms with E-state index in [-0.39, 0.29) is 17.9 Å². The van der Waals surface area contributed by atoms with E-state index in [0.717, 1.165) is 6.42 Å². The number of hydrogen-bond donors (Lipinski definition) is 1. The highest BCUT2D eigenvalue weighted by atomic mass is 16.5. The molecule has 2 fully saturated rings. The molecule has 0 radical (unpaired) electrons. The maximum atomic E-state index is 12.5. The quantitative estimate of drug-likeness (QED) is 0.623. The molecule has 1 unspecified atom stereocenters. The van der Waals surface area contributed by atoms with Crippen LogP contribution in [-0.2, 0) is 14.3 Å². The predicted octanol–water partition coefficient (Wildman–Crippen LogP) is 2.80. The average molecular weight is 281 g/mol. The highest BCUT2D eigenvalue weighted by molar-refractivity contribution is 6.03. The van der Waals surface area contributed by atoms with Crippen LogP contribution in [0.5, 0.6) is 0 Å². The van der Waals surface area contributed by atoms with Crippen molar-refractivity contribution in [1.29, 1.82) is 0 Å². The molecular weight excluding hydrogens is 254 g/mol. The van der Waals surface area contributed by atoms with Gasteiger partial charge in [0.2, 0.25) is 5.91 Å². The molecule has 0 aliphatic heterocycles. The van der Waals surface area contributed by atoms with Crippen molar-refractivity contribution in [2.75, 3.05) is 6.61 Å². The summed E-state index contributed by atoms with van der Waals surface area (Å²) in [5, 5.41) is 3.09. The molecule has 0 aromatic heterocycles. The Hall–Kier alpha value is -1.06. The van der Waals surface area contributed by atoms with Crippen molar-refractivity contribution in [1.82, 2.24) is 5.32 Å². The molecule has 2 aliphatic rings. The minimum atomic E-state index is -0.890. The molecule has 1 amide bonds. The van der Waals surface area contributed by atoms with Gasteiger partial charge in [-0.1, -0.05) is 25.7 Å². The van der Waals surface area contributed by atoms with Crippen molar-refractivity contribution in [3.8, 4) is 0 Å². The van der Waals surface area contributed by atoms with Gasteiger partial charge in [0.05, 0.1) is 6.61 Å². The Kier molecular flexibility index (Phi) is 5.06. The van der Waals surface area contributed by atoms with Crippen LogP contribution in [0.25, 0.3) is 0 Å². The maximum Gasteiger partial charge on any atom is 0.321 e. The molecule has 20 heavy (non-hydrogen) atoms. The Morgan fingerprint density at radius 2 is 1.85 bits per heavy atom. The van der Waals surface area contributed by atoms with Crippen LogP contribution in [-0.4, -0.2) is 24.5 Å². The van der Waals surface area contributed by atoms with Gasteiger partial charge in [-0.2, -0.15) is 0 Å². The SMILES string of the molecule is CCOC(=O)C1(C(=O)NC(C)C2CCCCC2)CCC1. The lowest BCUT2D eigenvalue weighted by Crippen LogP contribution is -2.54. The van der Waals surface area contributed by atoms with E-state index in [1.165, 1.54) is 32.1 Å². The summed E-state index contributed by atoms with van der Waals surface area (Å²) >= 11 is 0. The second kappa shape index (κ2) is 6.59. The van der Waals surface area contributed by atoms with Gasteiger partial charge in [0, 0.05) is 6.04 Å². The Balaban J connectivity index is 1.93. The normalized spacial score (nSPS) is 23.5. The molecule has 0 aromatic rings. The molecule has 2 saturated carbocycles. The molecule has 0 heterocycles. The van der Waals surface area contributed by atoms with Crippen LogP contribution in [0.3, 0.4) is 0 Å². The number of nitrogens with one attached hydrogen (secondary N) is 1. The van der Waals surface area contributed by atoms with E-state index in [1.54, 1.807) is 6.92 Å². The molecule has 114 valence electrons. The number of carbonyl (C=O) groups is 2. The topological polar surface area (TPSA) is 55.4 Å². The molecule has 0 aromatic carbocycles. The average Bonchev–Trinajstić information content (AvgIpc) is 2.38. The van der Waals surface area contributed by atoms with Gasteiger partial charge < -0.3 is 10.1 Å². The van der Waals surface area contributed by atoms with Gasteiger partial charge in [0.15, 0.2) is 0 Å². The molecule has 4 heteroatoms. The third kappa shape index (κ3) is 2.99. The van der Waals surface area contributed by atoms with E-state index >= 15 is 0 Å². The fourth-order valence-corrected chi connectivity index (χ4v) is 3.42. The first-order valence-electron chi connectivity index (χ1n) is 8.08. The molecular formula is C16H27NO3. The Morgan fingerprint density at radius 3 is 2.35 bits per heavy atom. The van der Waals surface area contributed by atoms with Crippen molar-refractivity contribution in [3.63, 3.8) is 0 Å². The number of ether oxygens (including phenoxy) is 1. The fraction of sp³-hybridized carbons (Fsp3) is 0.875. The van der Waals surface area contributed by atoms with Gasteiger partial charge in [-0.15, -0.1) is 0 Å². The lowest BCUT2D eigenvalue weighted by atomic mass is 9.67. The third-order valence-corrected chi connectivity index (χ3v) is 5.02. The monoisotopic (exact) mass is 281 g/mol. The highest BCUT2D eigenvalue weighted by Crippen LogP contribution is 2.42. The number of hydrogen-bond acceptors (Lipinski definition) is 3. The molecule has 1 atom stereocenters. The summed E-state index contributed by atoms with van der Waals surface area (Å²) < 4.78 is 5.10. The lowest BCUT2D eigenvalue weighted by molar-refractivity contribution is -0.167. The maximum absolute atomic E-state index is 12.5. The van der Waals surface area contributed by atoms with Crippen LogP contribution in [0.4, 0.5) is 0 Å². The van der Waals surface area contributed by atoms with Gasteiger partial charge in [-0.3, -0.25) is 9.59 Å². The van der Waals surface area contributed by atoms with Crippen LogP contribution in [0.2, 0.25) is 0 Å². The summed E-state index contributed by atoms with van der Waals surface area (Å²) in [5.74, 6) is 0.117. The Morgan fingerprint density at radius 1 is 1.20 bits per heavy atom. The van der Waals surface area contributed by atoms with E-state index in [2.05, 4.69) is 12.2 Å². The van der Waals surface area contributed by atoms with Gasteiger partial charge in [-0.25, -0.2) is 0 Å². The van der Waals surface area contributed by atoms with Crippen molar-refractivity contribution in [2.45, 2.75) is 71.3 Å². The van der Waals surface area contributed by atoms with E-state index in [9.17, 15) is 9.59 Å². The van der Waals surface area contributed by atoms with Crippen LogP contribution >= 0.6 is 0 Å². The lowest BCUT2D eigenvalue weighted by Gasteiger charge is -2.39. The molecule has 1 N–H and O–H groups in total. The number of esters is 1. The van der Waals surface area contributed by atoms with Crippen LogP contribution in [0.15, 0.2) is 0 Å². The molecule has 2 rings (SSSR count). The zero-order valence-corrected chi connectivity index (χ0v) is 12.7. The van der Waals surface area contributed by atoms with Gasteiger partial charge in [0.25, 0.3) is 0 Å². The summed E-state index contributed by atoms with van der Waals surface area (Å²) in [7, 11) is 0. The largest absolute Gasteiger partial charge is 0.465 e. The highest BCUT2D eigenvalue weighted by Gasteiger charge is 2.52. The standard InChI is InChI=1S/C16H27NO3/c1-3-20-15(19)16(10-7-11-16)14(18)17-12(2)13-8-5-4-6-9-13/h12-13H,3-11H2,1-2H3,(H,17,18). The van der Waals surface area contributed by atoms with E-state index in [0.29, 0.717) is 25.4 Å². The molecule has 2 aliphatic carbocycles. The van der Waals surface area contributed by atoms with E-state index in [4.69, 9.17) is 4.74 Å². The second-order valence-electron chi connectivity index (χ2n) is 6.32. The van der Waals surface area contributed by atoms with Crippen molar-refractivity contribution >= 4 is 11.9 Å². The number of carbonyl (C=O) groups excluding carboxylic acids is 2. The molecule has 0 spiro atoms. The molecule has 4 nitrogen and oxygen atoms in total. The number of amides is 1. The van der Waals surface area contributed by atoms with E-state index < -0.39 is 5.41 Å². The van der Waals surface area contributed by atoms with Gasteiger partial charge in [0.1, 0.15) is 5.41 Å². The zero-order valence-electron chi connectivity index (χ0n) is 12.7. The zero-order chi connectivity index (χ0) is 14.6. The van der Waals surface area contributed by atoms with Crippen molar-refractivity contribution in [2.24, 2.45) is 11.3 Å². The summed E-state index contributed by atoms with van der Waals surface area (Å²) in [6.45, 7) is 4.20. The Bertz CT molecular complexity index is 357. The van der Waals surface area contributed by atoms with Gasteiger partial charge in [-0.05, 0) is 45.4 Å². The van der Waals surface area contributed by atoms with E-state index in [1.807, 2.05) is 0 Å². The second-order valence-corrected chi connectivity index (χ2v) is 6.32. The summed E-state index contributed by atoms with van der Waals surface area (Å²) in [5.41, 5.74) is -0.890. The number of rotatable bonds is 5. The van der Waals surface area contributed by atoms with Crippen molar-refractivity contribution in [3.05, 3.63) is 0 Å². The minimum Gasteiger partial charge on any atom is -0.465 e. The smallest absolute Gasteiger partial charge is 0.321 e. The van der Waals surface area contributed by atoms with Crippen LogP contribution in [0.1, 0.15) is 65.2 Å². The predicted molar refractivity (Wildman–Crippen MR) is 77.1 cm³/mol. The van der Waals surface area contributed by atoms with Gasteiger partial charge >= 0.3 is 5.97 Å². The molecule has 0 bridgehead atoms.